The van der Waals surface area contributed by atoms with Crippen molar-refractivity contribution in [2.45, 2.75) is 13.8 Å². The number of rotatable bonds is 1. The molecule has 0 N–H and O–H groups in total. The second-order valence-corrected chi connectivity index (χ2v) is 15.9. The van der Waals surface area contributed by atoms with Gasteiger partial charge in [0.25, 0.3) is 6.71 Å². The van der Waals surface area contributed by atoms with E-state index in [0.717, 1.165) is 34.1 Å². The minimum absolute atomic E-state index is 0.0326. The Hall–Kier alpha value is -5.56. The van der Waals surface area contributed by atoms with Gasteiger partial charge in [-0.25, -0.2) is 0 Å². The first-order valence-electron chi connectivity index (χ1n) is 17.0. The summed E-state index contributed by atoms with van der Waals surface area (Å²) >= 11 is 3.82. The molecule has 2 aliphatic rings. The molecule has 0 amide bonds. The lowest BCUT2D eigenvalue weighted by Crippen LogP contribution is -2.57. The molecular formula is C44H26BNO2S2. The van der Waals surface area contributed by atoms with E-state index in [1.54, 1.807) is 0 Å². The predicted octanol–water partition coefficient (Wildman–Crippen LogP) is 10.9. The third kappa shape index (κ3) is 3.45. The first-order valence-corrected chi connectivity index (χ1v) is 18.7. The lowest BCUT2D eigenvalue weighted by atomic mass is 9.34. The van der Waals surface area contributed by atoms with E-state index in [4.69, 9.17) is 9.47 Å². The van der Waals surface area contributed by atoms with E-state index >= 15 is 0 Å². The van der Waals surface area contributed by atoms with Crippen LogP contribution in [0.25, 0.3) is 67.8 Å². The molecule has 5 heterocycles. The average Bonchev–Trinajstić information content (AvgIpc) is 3.81. The molecule has 0 spiro atoms. The number of hydrogen-bond acceptors (Lipinski definition) is 4. The van der Waals surface area contributed by atoms with Gasteiger partial charge in [-0.2, -0.15) is 0 Å². The second kappa shape index (κ2) is 9.57. The predicted molar refractivity (Wildman–Crippen MR) is 214 cm³/mol. The Morgan fingerprint density at radius 3 is 1.66 bits per heavy atom. The van der Waals surface area contributed by atoms with E-state index < -0.39 is 0 Å². The molecule has 0 aliphatic carbocycles. The number of nitrogens with zero attached hydrogens (tertiary/aromatic N) is 1. The zero-order chi connectivity index (χ0) is 32.8. The number of aryl methyl sites for hydroxylation is 2. The molecule has 6 heteroatoms. The molecule has 0 atom stereocenters. The smallest absolute Gasteiger partial charge is 0.260 e. The molecule has 12 rings (SSSR count). The average molecular weight is 676 g/mol. The third-order valence-corrected chi connectivity index (χ3v) is 13.2. The highest BCUT2D eigenvalue weighted by Gasteiger charge is 2.41. The Morgan fingerprint density at radius 2 is 1.04 bits per heavy atom. The van der Waals surface area contributed by atoms with E-state index in [1.807, 2.05) is 22.7 Å². The van der Waals surface area contributed by atoms with Gasteiger partial charge in [-0.3, -0.25) is 0 Å². The Bertz CT molecular complexity index is 3040. The number of para-hydroxylation sites is 1. The van der Waals surface area contributed by atoms with Gasteiger partial charge in [-0.15, -0.1) is 22.7 Å². The normalized spacial score (nSPS) is 13.3. The molecule has 10 aromatic rings. The first-order chi connectivity index (χ1) is 24.6. The molecule has 0 radical (unpaired) electrons. The fraction of sp³-hybridized carbons (Fsp3) is 0.0455. The largest absolute Gasteiger partial charge is 0.458 e. The summed E-state index contributed by atoms with van der Waals surface area (Å²) in [6.07, 6.45) is 0. The Balaban J connectivity index is 1.25. The summed E-state index contributed by atoms with van der Waals surface area (Å²) in [7, 11) is 0. The zero-order valence-corrected chi connectivity index (χ0v) is 28.8. The second-order valence-electron chi connectivity index (χ2n) is 13.8. The number of ether oxygens (including phenoxy) is 2. The number of benzene rings is 7. The molecule has 0 saturated heterocycles. The maximum absolute atomic E-state index is 6.85. The van der Waals surface area contributed by atoms with Crippen molar-refractivity contribution >= 4 is 108 Å². The van der Waals surface area contributed by atoms with Crippen LogP contribution in [0, 0.1) is 13.8 Å². The SMILES string of the molecule is Cc1ccc2c(c1)B1c3cc(C)ccc3Oc3cc(-n4c5ccccc5c5c6sc7ccccc7c6c6sc7ccccc7c6c54)cc(c31)O2. The van der Waals surface area contributed by atoms with Crippen LogP contribution in [0.5, 0.6) is 23.0 Å². The lowest BCUT2D eigenvalue weighted by molar-refractivity contribution is 0.464. The van der Waals surface area contributed by atoms with Gasteiger partial charge in [-0.1, -0.05) is 90.0 Å². The molecule has 3 nitrogen and oxygen atoms in total. The third-order valence-electron chi connectivity index (χ3n) is 10.8. The molecule has 0 unspecified atom stereocenters. The Labute approximate surface area is 295 Å². The van der Waals surface area contributed by atoms with Crippen molar-refractivity contribution in [3.63, 3.8) is 0 Å². The summed E-state index contributed by atoms with van der Waals surface area (Å²) in [5.74, 6) is 3.52. The molecule has 0 saturated carbocycles. The van der Waals surface area contributed by atoms with Gasteiger partial charge in [0, 0.05) is 68.7 Å². The van der Waals surface area contributed by atoms with Crippen LogP contribution < -0.4 is 25.9 Å². The lowest BCUT2D eigenvalue weighted by Gasteiger charge is -2.33. The zero-order valence-electron chi connectivity index (χ0n) is 27.2. The molecule has 3 aromatic heterocycles. The Kier molecular flexibility index (Phi) is 5.22. The van der Waals surface area contributed by atoms with Crippen molar-refractivity contribution in [1.82, 2.24) is 4.57 Å². The molecular weight excluding hydrogens is 649 g/mol. The maximum Gasteiger partial charge on any atom is 0.260 e. The van der Waals surface area contributed by atoms with Crippen molar-refractivity contribution in [3.8, 4) is 28.7 Å². The molecule has 50 heavy (non-hydrogen) atoms. The minimum Gasteiger partial charge on any atom is -0.458 e. The highest BCUT2D eigenvalue weighted by atomic mass is 32.1. The van der Waals surface area contributed by atoms with Gasteiger partial charge in [-0.05, 0) is 55.1 Å². The van der Waals surface area contributed by atoms with Gasteiger partial charge in [0.1, 0.15) is 23.0 Å². The number of hydrogen-bond donors (Lipinski definition) is 0. The van der Waals surface area contributed by atoms with Crippen LogP contribution in [-0.4, -0.2) is 11.3 Å². The van der Waals surface area contributed by atoms with Crippen LogP contribution in [-0.2, 0) is 0 Å². The molecule has 234 valence electrons. The summed E-state index contributed by atoms with van der Waals surface area (Å²) in [5, 5.41) is 7.85. The van der Waals surface area contributed by atoms with Crippen molar-refractivity contribution in [1.29, 1.82) is 0 Å². The first kappa shape index (κ1) is 27.3. The van der Waals surface area contributed by atoms with Crippen molar-refractivity contribution in [3.05, 3.63) is 132 Å². The Morgan fingerprint density at radius 1 is 0.520 bits per heavy atom. The monoisotopic (exact) mass is 675 g/mol. The summed E-state index contributed by atoms with van der Waals surface area (Å²) in [5.41, 5.74) is 9.37. The van der Waals surface area contributed by atoms with Crippen LogP contribution >= 0.6 is 22.7 Å². The summed E-state index contributed by atoms with van der Waals surface area (Å²) < 4.78 is 21.5. The summed E-state index contributed by atoms with van der Waals surface area (Å²) in [4.78, 5) is 0. The van der Waals surface area contributed by atoms with Gasteiger partial charge in [0.05, 0.1) is 16.7 Å². The van der Waals surface area contributed by atoms with E-state index in [2.05, 4.69) is 140 Å². The van der Waals surface area contributed by atoms with E-state index in [-0.39, 0.29) is 6.71 Å². The van der Waals surface area contributed by atoms with Gasteiger partial charge >= 0.3 is 0 Å². The minimum atomic E-state index is 0.0326. The van der Waals surface area contributed by atoms with Crippen molar-refractivity contribution in [2.75, 3.05) is 0 Å². The van der Waals surface area contributed by atoms with Crippen LogP contribution in [0.2, 0.25) is 0 Å². The fourth-order valence-electron chi connectivity index (χ4n) is 8.74. The van der Waals surface area contributed by atoms with Crippen LogP contribution in [0.1, 0.15) is 11.1 Å². The fourth-order valence-corrected chi connectivity index (χ4v) is 11.3. The molecule has 7 aromatic carbocycles. The van der Waals surface area contributed by atoms with E-state index in [0.29, 0.717) is 0 Å². The summed E-state index contributed by atoms with van der Waals surface area (Å²) in [6, 6.07) is 44.3. The highest BCUT2D eigenvalue weighted by molar-refractivity contribution is 7.30. The van der Waals surface area contributed by atoms with Crippen molar-refractivity contribution in [2.24, 2.45) is 0 Å². The van der Waals surface area contributed by atoms with Crippen molar-refractivity contribution < 1.29 is 9.47 Å². The molecule has 2 aliphatic heterocycles. The van der Waals surface area contributed by atoms with Gasteiger partial charge in [0.15, 0.2) is 0 Å². The van der Waals surface area contributed by atoms with E-state index in [9.17, 15) is 0 Å². The molecule has 0 fully saturated rings. The maximum atomic E-state index is 6.85. The van der Waals surface area contributed by atoms with Crippen LogP contribution in [0.4, 0.5) is 0 Å². The van der Waals surface area contributed by atoms with Crippen LogP contribution in [0.15, 0.2) is 121 Å². The number of fused-ring (bicyclic) bond motifs is 16. The summed E-state index contributed by atoms with van der Waals surface area (Å²) in [6.45, 7) is 4.34. The van der Waals surface area contributed by atoms with E-state index in [1.165, 1.54) is 84.2 Å². The molecule has 0 bridgehead atoms. The van der Waals surface area contributed by atoms with Crippen LogP contribution in [0.3, 0.4) is 0 Å². The standard InChI is InChI=1S/C44H26BNO2S2/c1-23-15-17-32-29(19-23)45-30-20-24(2)16-18-33(30)48-35-22-25(21-34(47-32)41(35)45)46-31-12-6-3-9-26(31)38-42(46)39-27-10-4-7-13-36(27)49-44(39)40-28-11-5-8-14-37(28)50-43(38)40/h3-22H,1-2H3. The number of aromatic nitrogens is 1. The highest BCUT2D eigenvalue weighted by Crippen LogP contribution is 2.52. The quantitative estimate of drug-likeness (QED) is 0.162. The number of thiophene rings is 2. The van der Waals surface area contributed by atoms with Gasteiger partial charge < -0.3 is 14.0 Å². The van der Waals surface area contributed by atoms with Gasteiger partial charge in [0.2, 0.25) is 0 Å². The topological polar surface area (TPSA) is 23.4 Å².